The average Bonchev–Trinajstić information content (AvgIpc) is 2.47. The van der Waals surface area contributed by atoms with Crippen LogP contribution in [-0.4, -0.2) is 0 Å². The van der Waals surface area contributed by atoms with Crippen LogP contribution >= 0.6 is 0 Å². The molecule has 0 atom stereocenters. The van der Waals surface area contributed by atoms with Crippen LogP contribution in [0.1, 0.15) is 77.6 Å². The van der Waals surface area contributed by atoms with Gasteiger partial charge in [-0.2, -0.15) is 0 Å². The molecule has 113 valence electrons. The lowest BCUT2D eigenvalue weighted by atomic mass is 10.1. The second-order valence-electron chi connectivity index (χ2n) is 5.36. The van der Waals surface area contributed by atoms with Crippen molar-refractivity contribution in [1.29, 1.82) is 0 Å². The van der Waals surface area contributed by atoms with Gasteiger partial charge < -0.3 is 0 Å². The van der Waals surface area contributed by atoms with E-state index in [2.05, 4.69) is 25.2 Å². The van der Waals surface area contributed by atoms with Gasteiger partial charge in [-0.05, 0) is 12.8 Å². The molecule has 0 rings (SSSR count). The number of rotatable bonds is 14. The molecule has 0 spiro atoms. The van der Waals surface area contributed by atoms with Crippen LogP contribution in [0.3, 0.4) is 0 Å². The quantitative estimate of drug-likeness (QED) is 0.237. The molecule has 0 aromatic carbocycles. The highest BCUT2D eigenvalue weighted by molar-refractivity contribution is 5.13. The van der Waals surface area contributed by atoms with Crippen LogP contribution in [0.5, 0.6) is 0 Å². The molecular formula is C20H33. The van der Waals surface area contributed by atoms with Crippen LogP contribution in [0.15, 0.2) is 42.5 Å². The fraction of sp³-hybridized carbons (Fsp3) is 0.600. The van der Waals surface area contributed by atoms with Crippen LogP contribution < -0.4 is 0 Å². The van der Waals surface area contributed by atoms with Crippen molar-refractivity contribution in [2.24, 2.45) is 0 Å². The van der Waals surface area contributed by atoms with Crippen LogP contribution in [0, 0.1) is 6.58 Å². The van der Waals surface area contributed by atoms with Crippen molar-refractivity contribution in [2.75, 3.05) is 0 Å². The minimum atomic E-state index is 1.20. The van der Waals surface area contributed by atoms with Crippen LogP contribution in [-0.2, 0) is 0 Å². The summed E-state index contributed by atoms with van der Waals surface area (Å²) < 4.78 is 0. The van der Waals surface area contributed by atoms with E-state index in [-0.39, 0.29) is 0 Å². The molecule has 0 bridgehead atoms. The zero-order valence-electron chi connectivity index (χ0n) is 13.4. The van der Waals surface area contributed by atoms with Crippen molar-refractivity contribution in [2.45, 2.75) is 77.6 Å². The van der Waals surface area contributed by atoms with Crippen molar-refractivity contribution >= 4 is 0 Å². The van der Waals surface area contributed by atoms with E-state index < -0.39 is 0 Å². The number of unbranched alkanes of at least 4 members (excludes halogenated alkanes) is 10. The van der Waals surface area contributed by atoms with Gasteiger partial charge in [0.05, 0.1) is 0 Å². The fourth-order valence-electron chi connectivity index (χ4n) is 2.18. The SMILES string of the molecule is [CH]=C/C=C/C=C/C=C/CCCCCCCCCCCC. The van der Waals surface area contributed by atoms with Gasteiger partial charge in [-0.1, -0.05) is 114 Å². The van der Waals surface area contributed by atoms with E-state index in [4.69, 9.17) is 6.58 Å². The first-order valence-corrected chi connectivity index (χ1v) is 8.45. The van der Waals surface area contributed by atoms with Crippen molar-refractivity contribution in [3.05, 3.63) is 49.1 Å². The Hall–Kier alpha value is -1.04. The molecule has 0 amide bonds. The zero-order chi connectivity index (χ0) is 14.7. The standard InChI is InChI=1S/C20H33/c1-3-5-7-9-11-13-15-17-19-20-18-16-14-12-10-8-6-4-2/h1,3,5,7,9,11,13,15H,4,6,8,10,12,14,16-20H2,2H3/b3-1?,7-5+,11-9+,15-13+. The molecule has 0 saturated heterocycles. The molecule has 0 aliphatic heterocycles. The monoisotopic (exact) mass is 273 g/mol. The maximum absolute atomic E-state index is 5.23. The molecule has 1 radical (unpaired) electrons. The largest absolute Gasteiger partial charge is 0.0845 e. The summed E-state index contributed by atoms with van der Waals surface area (Å²) in [6.45, 7) is 7.50. The molecule has 0 heterocycles. The highest BCUT2D eigenvalue weighted by Crippen LogP contribution is 2.11. The lowest BCUT2D eigenvalue weighted by Crippen LogP contribution is -1.81. The summed E-state index contributed by atoms with van der Waals surface area (Å²) in [7, 11) is 0. The summed E-state index contributed by atoms with van der Waals surface area (Å²) in [4.78, 5) is 0. The van der Waals surface area contributed by atoms with Crippen molar-refractivity contribution < 1.29 is 0 Å². The Labute approximate surface area is 127 Å². The predicted octanol–water partition coefficient (Wildman–Crippen LogP) is 6.96. The predicted molar refractivity (Wildman–Crippen MR) is 92.8 cm³/mol. The highest BCUT2D eigenvalue weighted by Gasteiger charge is 1.91. The fourth-order valence-corrected chi connectivity index (χ4v) is 2.18. The molecule has 0 unspecified atom stereocenters. The summed E-state index contributed by atoms with van der Waals surface area (Å²) in [5.74, 6) is 0. The topological polar surface area (TPSA) is 0 Å². The van der Waals surface area contributed by atoms with Crippen LogP contribution in [0.4, 0.5) is 0 Å². The summed E-state index contributed by atoms with van der Waals surface area (Å²) in [6.07, 6.45) is 29.0. The van der Waals surface area contributed by atoms with Gasteiger partial charge in [-0.15, -0.1) is 0 Å². The molecule has 0 aromatic heterocycles. The van der Waals surface area contributed by atoms with E-state index in [1.54, 1.807) is 0 Å². The number of allylic oxidation sites excluding steroid dienone is 7. The van der Waals surface area contributed by atoms with Crippen LogP contribution in [0.2, 0.25) is 0 Å². The Kier molecular flexibility index (Phi) is 17.0. The molecule has 0 aromatic rings. The van der Waals surface area contributed by atoms with Gasteiger partial charge in [0.1, 0.15) is 0 Å². The molecular weight excluding hydrogens is 240 g/mol. The first kappa shape index (κ1) is 19.0. The Morgan fingerprint density at radius 3 is 1.70 bits per heavy atom. The lowest BCUT2D eigenvalue weighted by molar-refractivity contribution is 0.557. The van der Waals surface area contributed by atoms with Crippen LogP contribution in [0.25, 0.3) is 0 Å². The first-order chi connectivity index (χ1) is 9.91. The Morgan fingerprint density at radius 1 is 0.600 bits per heavy atom. The molecule has 0 saturated carbocycles. The lowest BCUT2D eigenvalue weighted by Gasteiger charge is -2.01. The molecule has 20 heavy (non-hydrogen) atoms. The van der Waals surface area contributed by atoms with Gasteiger partial charge in [0.2, 0.25) is 0 Å². The third-order valence-corrected chi connectivity index (χ3v) is 3.42. The maximum Gasteiger partial charge on any atom is -0.0348 e. The summed E-state index contributed by atoms with van der Waals surface area (Å²) in [5.41, 5.74) is 0. The first-order valence-electron chi connectivity index (χ1n) is 8.45. The average molecular weight is 273 g/mol. The summed E-state index contributed by atoms with van der Waals surface area (Å²) in [6, 6.07) is 0. The van der Waals surface area contributed by atoms with E-state index in [1.165, 1.54) is 76.7 Å². The second kappa shape index (κ2) is 18.0. The highest BCUT2D eigenvalue weighted by atomic mass is 14.0. The third-order valence-electron chi connectivity index (χ3n) is 3.42. The van der Waals surface area contributed by atoms with Crippen molar-refractivity contribution in [3.63, 3.8) is 0 Å². The van der Waals surface area contributed by atoms with Gasteiger partial charge in [-0.25, -0.2) is 0 Å². The minimum absolute atomic E-state index is 1.20. The van der Waals surface area contributed by atoms with E-state index in [0.29, 0.717) is 0 Å². The minimum Gasteiger partial charge on any atom is -0.0845 e. The number of hydrogen-bond donors (Lipinski definition) is 0. The van der Waals surface area contributed by atoms with E-state index in [9.17, 15) is 0 Å². The second-order valence-corrected chi connectivity index (χ2v) is 5.36. The maximum atomic E-state index is 5.23. The van der Waals surface area contributed by atoms with Crippen molar-refractivity contribution in [3.8, 4) is 0 Å². The molecule has 0 N–H and O–H groups in total. The molecule has 0 aliphatic carbocycles. The van der Waals surface area contributed by atoms with Crippen molar-refractivity contribution in [1.82, 2.24) is 0 Å². The van der Waals surface area contributed by atoms with E-state index >= 15 is 0 Å². The Balaban J connectivity index is 3.16. The third kappa shape index (κ3) is 17.0. The smallest absolute Gasteiger partial charge is 0.0348 e. The van der Waals surface area contributed by atoms with E-state index in [1.807, 2.05) is 18.2 Å². The van der Waals surface area contributed by atoms with Gasteiger partial charge in [0, 0.05) is 0 Å². The molecule has 0 heteroatoms. The summed E-state index contributed by atoms with van der Waals surface area (Å²) in [5, 5.41) is 0. The normalized spacial score (nSPS) is 12.1. The number of hydrogen-bond acceptors (Lipinski definition) is 0. The molecule has 0 nitrogen and oxygen atoms in total. The van der Waals surface area contributed by atoms with Gasteiger partial charge in [0.15, 0.2) is 0 Å². The van der Waals surface area contributed by atoms with Gasteiger partial charge in [-0.3, -0.25) is 0 Å². The van der Waals surface area contributed by atoms with Gasteiger partial charge >= 0.3 is 0 Å². The Bertz CT molecular complexity index is 268. The van der Waals surface area contributed by atoms with Gasteiger partial charge in [0.25, 0.3) is 0 Å². The molecule has 0 aliphatic rings. The van der Waals surface area contributed by atoms with E-state index in [0.717, 1.165) is 0 Å². The Morgan fingerprint density at radius 2 is 1.10 bits per heavy atom. The molecule has 0 fully saturated rings. The zero-order valence-corrected chi connectivity index (χ0v) is 13.4. The summed E-state index contributed by atoms with van der Waals surface area (Å²) >= 11 is 0.